The van der Waals surface area contributed by atoms with E-state index in [1.807, 2.05) is 24.3 Å². The molecule has 172 valence electrons. The van der Waals surface area contributed by atoms with Crippen molar-refractivity contribution in [1.82, 2.24) is 30.0 Å². The molecule has 0 radical (unpaired) electrons. The summed E-state index contributed by atoms with van der Waals surface area (Å²) < 4.78 is 19.4. The Morgan fingerprint density at radius 1 is 1.29 bits per heavy atom. The van der Waals surface area contributed by atoms with Gasteiger partial charge in [-0.2, -0.15) is 4.98 Å². The summed E-state index contributed by atoms with van der Waals surface area (Å²) in [6, 6.07) is 9.50. The highest BCUT2D eigenvalue weighted by Crippen LogP contribution is 2.45. The van der Waals surface area contributed by atoms with Crippen LogP contribution in [-0.4, -0.2) is 35.9 Å². The van der Waals surface area contributed by atoms with Crippen molar-refractivity contribution in [2.24, 2.45) is 0 Å². The molecule has 4 aromatic heterocycles. The molecule has 10 heteroatoms. The number of H-pyrrole nitrogens is 1. The third kappa shape index (κ3) is 3.48. The van der Waals surface area contributed by atoms with Crippen LogP contribution in [0.2, 0.25) is 0 Å². The number of aromatic nitrogens is 5. The molecule has 0 bridgehead atoms. The molecule has 1 aliphatic heterocycles. The number of terminal acetylenes is 1. The van der Waals surface area contributed by atoms with Crippen LogP contribution < -0.4 is 0 Å². The van der Waals surface area contributed by atoms with Gasteiger partial charge in [-0.05, 0) is 36.6 Å². The maximum Gasteiger partial charge on any atom is 0.274 e. The molecule has 1 N–H and O–H groups in total. The Morgan fingerprint density at radius 2 is 2.14 bits per heavy atom. The van der Waals surface area contributed by atoms with E-state index < -0.39 is 17.9 Å². The van der Waals surface area contributed by atoms with E-state index in [0.29, 0.717) is 28.8 Å². The van der Waals surface area contributed by atoms with Gasteiger partial charge in [-0.3, -0.25) is 9.78 Å². The van der Waals surface area contributed by atoms with E-state index in [9.17, 15) is 9.18 Å². The predicted molar refractivity (Wildman–Crippen MR) is 126 cm³/mol. The number of thiazole rings is 1. The third-order valence-corrected chi connectivity index (χ3v) is 6.85. The number of halogens is 1. The first-order valence-corrected chi connectivity index (χ1v) is 11.7. The van der Waals surface area contributed by atoms with Crippen molar-refractivity contribution >= 4 is 28.1 Å². The van der Waals surface area contributed by atoms with Gasteiger partial charge in [-0.15, -0.1) is 17.8 Å². The van der Waals surface area contributed by atoms with E-state index >= 15 is 0 Å². The zero-order valence-corrected chi connectivity index (χ0v) is 19.2. The molecule has 0 fully saturated rings. The number of pyridine rings is 1. The fraction of sp³-hybridized carbons (Fsp3) is 0.160. The molecule has 2 unspecified atom stereocenters. The van der Waals surface area contributed by atoms with E-state index in [0.717, 1.165) is 28.4 Å². The van der Waals surface area contributed by atoms with E-state index in [1.54, 1.807) is 23.3 Å². The summed E-state index contributed by atoms with van der Waals surface area (Å²) in [6.07, 6.45) is 7.06. The van der Waals surface area contributed by atoms with Gasteiger partial charge in [0.15, 0.2) is 10.8 Å². The molecule has 0 spiro atoms. The minimum Gasteiger partial charge on any atom is -0.356 e. The number of hydrogen-bond acceptors (Lipinski definition) is 7. The van der Waals surface area contributed by atoms with Crippen molar-refractivity contribution < 1.29 is 13.7 Å². The lowest BCUT2D eigenvalue weighted by Crippen LogP contribution is -2.43. The first-order valence-electron chi connectivity index (χ1n) is 10.8. The normalized spacial score (nSPS) is 17.3. The number of carbonyl (C=O) groups excluding carboxylic acids is 1. The molecule has 6 rings (SSSR count). The Hall–Kier alpha value is -4.36. The van der Waals surface area contributed by atoms with Gasteiger partial charge in [0.05, 0.1) is 11.9 Å². The SMILES string of the molecule is C#Cc1nc(C(=O)N2C(c3nc(C)no3)Cc3c([nH]c4ccccc34)C2c2ccc(F)cn2)cs1. The van der Waals surface area contributed by atoms with E-state index in [1.165, 1.54) is 17.4 Å². The lowest BCUT2D eigenvalue weighted by atomic mass is 9.89. The summed E-state index contributed by atoms with van der Waals surface area (Å²) in [5.74, 6) is 2.38. The van der Waals surface area contributed by atoms with Gasteiger partial charge in [0.2, 0.25) is 5.89 Å². The average Bonchev–Trinajstić information content (AvgIpc) is 3.61. The number of nitrogens with one attached hydrogen (secondary N) is 1. The fourth-order valence-electron chi connectivity index (χ4n) is 4.61. The van der Waals surface area contributed by atoms with Crippen LogP contribution in [0.25, 0.3) is 10.9 Å². The highest BCUT2D eigenvalue weighted by atomic mass is 32.1. The lowest BCUT2D eigenvalue weighted by Gasteiger charge is -2.39. The number of amides is 1. The Labute approximate surface area is 202 Å². The largest absolute Gasteiger partial charge is 0.356 e. The Bertz CT molecular complexity index is 1610. The second kappa shape index (κ2) is 8.14. The zero-order valence-electron chi connectivity index (χ0n) is 18.4. The first-order chi connectivity index (χ1) is 17.0. The van der Waals surface area contributed by atoms with Crippen LogP contribution in [0.5, 0.6) is 0 Å². The average molecular weight is 485 g/mol. The number of aryl methyl sites for hydroxylation is 1. The van der Waals surface area contributed by atoms with E-state index in [4.69, 9.17) is 10.9 Å². The Balaban J connectivity index is 1.61. The standard InChI is InChI=1S/C25H17FN6O2S/c1-3-21-29-19(12-35-21)25(33)32-20(24-28-13(2)31-34-24)10-16-15-6-4-5-7-17(15)30-22(16)23(32)18-9-8-14(26)11-27-18/h1,4-9,11-12,20,23,30H,10H2,2H3. The molecule has 1 amide bonds. The number of para-hydroxylation sites is 1. The van der Waals surface area contributed by atoms with Crippen molar-refractivity contribution in [3.63, 3.8) is 0 Å². The quantitative estimate of drug-likeness (QED) is 0.382. The summed E-state index contributed by atoms with van der Waals surface area (Å²) in [7, 11) is 0. The molecule has 5 heterocycles. The second-order valence-electron chi connectivity index (χ2n) is 8.16. The van der Waals surface area contributed by atoms with E-state index in [2.05, 4.69) is 31.0 Å². The number of rotatable bonds is 3. The maximum atomic E-state index is 14.0. The minimum absolute atomic E-state index is 0.205. The molecule has 35 heavy (non-hydrogen) atoms. The molecule has 1 aromatic carbocycles. The number of benzene rings is 1. The second-order valence-corrected chi connectivity index (χ2v) is 9.02. The summed E-state index contributed by atoms with van der Waals surface area (Å²) in [6.45, 7) is 1.72. The molecule has 0 saturated heterocycles. The summed E-state index contributed by atoms with van der Waals surface area (Å²) in [5.41, 5.74) is 3.40. The van der Waals surface area contributed by atoms with Crippen LogP contribution in [0.1, 0.15) is 56.2 Å². The van der Waals surface area contributed by atoms with Gasteiger partial charge in [-0.25, -0.2) is 9.37 Å². The summed E-state index contributed by atoms with van der Waals surface area (Å²) in [5, 5.41) is 7.00. The number of fused-ring (bicyclic) bond motifs is 3. The van der Waals surface area contributed by atoms with Crippen LogP contribution in [0.3, 0.4) is 0 Å². The highest BCUT2D eigenvalue weighted by molar-refractivity contribution is 7.10. The van der Waals surface area contributed by atoms with Crippen molar-refractivity contribution in [3.8, 4) is 12.3 Å². The number of nitrogens with zero attached hydrogens (tertiary/aromatic N) is 5. The Morgan fingerprint density at radius 3 is 2.86 bits per heavy atom. The predicted octanol–water partition coefficient (Wildman–Crippen LogP) is 4.36. The van der Waals surface area contributed by atoms with Crippen molar-refractivity contribution in [3.05, 3.63) is 93.2 Å². The van der Waals surface area contributed by atoms with Gasteiger partial charge >= 0.3 is 0 Å². The maximum absolute atomic E-state index is 14.0. The molecule has 2 atom stereocenters. The van der Waals surface area contributed by atoms with Crippen LogP contribution >= 0.6 is 11.3 Å². The number of carbonyl (C=O) groups is 1. The molecule has 5 aromatic rings. The Kier molecular flexibility index (Phi) is 4.93. The smallest absolute Gasteiger partial charge is 0.274 e. The molecule has 0 aliphatic carbocycles. The monoisotopic (exact) mass is 484 g/mol. The van der Waals surface area contributed by atoms with Crippen LogP contribution in [0.4, 0.5) is 4.39 Å². The van der Waals surface area contributed by atoms with Crippen LogP contribution in [-0.2, 0) is 6.42 Å². The fourth-order valence-corrected chi connectivity index (χ4v) is 5.20. The third-order valence-electron chi connectivity index (χ3n) is 6.07. The molecular weight excluding hydrogens is 467 g/mol. The van der Waals surface area contributed by atoms with Crippen molar-refractivity contribution in [2.75, 3.05) is 0 Å². The van der Waals surface area contributed by atoms with Gasteiger partial charge in [0, 0.05) is 28.4 Å². The number of hydrogen-bond donors (Lipinski definition) is 1. The zero-order chi connectivity index (χ0) is 24.1. The highest BCUT2D eigenvalue weighted by Gasteiger charge is 2.44. The molecule has 1 aliphatic rings. The van der Waals surface area contributed by atoms with Gasteiger partial charge in [0.25, 0.3) is 5.91 Å². The van der Waals surface area contributed by atoms with Crippen molar-refractivity contribution in [2.45, 2.75) is 25.4 Å². The minimum atomic E-state index is -0.688. The van der Waals surface area contributed by atoms with Crippen molar-refractivity contribution in [1.29, 1.82) is 0 Å². The topological polar surface area (TPSA) is 101 Å². The van der Waals surface area contributed by atoms with Gasteiger partial charge in [0.1, 0.15) is 23.6 Å². The van der Waals surface area contributed by atoms with Crippen LogP contribution in [0, 0.1) is 25.1 Å². The molecule has 8 nitrogen and oxygen atoms in total. The molecular formula is C25H17FN6O2S. The first kappa shape index (κ1) is 21.2. The van der Waals surface area contributed by atoms with Gasteiger partial charge < -0.3 is 14.4 Å². The van der Waals surface area contributed by atoms with E-state index in [-0.39, 0.29) is 11.6 Å². The van der Waals surface area contributed by atoms with Crippen LogP contribution in [0.15, 0.2) is 52.5 Å². The van der Waals surface area contributed by atoms with Gasteiger partial charge in [-0.1, -0.05) is 23.4 Å². The number of aromatic amines is 1. The lowest BCUT2D eigenvalue weighted by molar-refractivity contribution is 0.0515. The summed E-state index contributed by atoms with van der Waals surface area (Å²) in [4.78, 5) is 32.2. The summed E-state index contributed by atoms with van der Waals surface area (Å²) >= 11 is 1.21. The molecule has 0 saturated carbocycles.